The molecule has 0 spiro atoms. The minimum absolute atomic E-state index is 0.704. The monoisotopic (exact) mass is 249 g/mol. The highest BCUT2D eigenvalue weighted by atomic mass is 79.9. The number of thiophene rings is 1. The molecule has 0 atom stereocenters. The Labute approximate surface area is 84.7 Å². The zero-order chi connectivity index (χ0) is 8.97. The van der Waals surface area contributed by atoms with Crippen molar-refractivity contribution in [1.82, 2.24) is 10.3 Å². The van der Waals surface area contributed by atoms with Crippen molar-refractivity contribution in [3.05, 3.63) is 20.8 Å². The molecular formula is C7H12BrN3S. The molecule has 0 aliphatic rings. The van der Waals surface area contributed by atoms with E-state index < -0.39 is 0 Å². The Kier molecular flexibility index (Phi) is 4.17. The number of halogens is 1. The van der Waals surface area contributed by atoms with E-state index in [0.717, 1.165) is 11.0 Å². The lowest BCUT2D eigenvalue weighted by Gasteiger charge is -2.13. The Morgan fingerprint density at radius 3 is 3.00 bits per heavy atom. The van der Waals surface area contributed by atoms with Crippen molar-refractivity contribution in [2.75, 3.05) is 13.7 Å². The first kappa shape index (κ1) is 10.1. The fourth-order valence-corrected chi connectivity index (χ4v) is 2.44. The number of nitrogens with two attached hydrogens (primary N) is 1. The lowest BCUT2D eigenvalue weighted by atomic mass is 10.4. The van der Waals surface area contributed by atoms with Crippen molar-refractivity contribution < 1.29 is 0 Å². The summed E-state index contributed by atoms with van der Waals surface area (Å²) in [4.78, 5) is 3.44. The molecule has 5 heteroatoms. The average molecular weight is 250 g/mol. The highest BCUT2D eigenvalue weighted by Gasteiger charge is 2.00. The van der Waals surface area contributed by atoms with Gasteiger partial charge in [0.2, 0.25) is 0 Å². The normalized spacial score (nSPS) is 11.0. The van der Waals surface area contributed by atoms with Crippen molar-refractivity contribution in [3.63, 3.8) is 0 Å². The van der Waals surface area contributed by atoms with Crippen molar-refractivity contribution >= 4 is 27.3 Å². The van der Waals surface area contributed by atoms with Gasteiger partial charge in [-0.25, -0.2) is 5.43 Å². The highest BCUT2D eigenvalue weighted by Crippen LogP contribution is 2.20. The molecule has 0 amide bonds. The van der Waals surface area contributed by atoms with Gasteiger partial charge in [-0.15, -0.1) is 11.3 Å². The minimum atomic E-state index is 0.704. The van der Waals surface area contributed by atoms with Crippen LogP contribution in [0.1, 0.15) is 4.88 Å². The number of rotatable bonds is 4. The molecule has 0 aliphatic heterocycles. The molecule has 1 rings (SSSR count). The SMILES string of the molecule is CN(CNN)Cc1cc(Br)cs1. The first-order valence-corrected chi connectivity index (χ1v) is 5.24. The molecule has 0 aliphatic carbocycles. The van der Waals surface area contributed by atoms with Gasteiger partial charge in [-0.3, -0.25) is 10.7 Å². The zero-order valence-electron chi connectivity index (χ0n) is 6.88. The van der Waals surface area contributed by atoms with Crippen LogP contribution in [-0.4, -0.2) is 18.6 Å². The van der Waals surface area contributed by atoms with Gasteiger partial charge in [0, 0.05) is 21.3 Å². The van der Waals surface area contributed by atoms with E-state index in [9.17, 15) is 0 Å². The molecule has 3 nitrogen and oxygen atoms in total. The second kappa shape index (κ2) is 4.94. The molecule has 0 radical (unpaired) electrons. The predicted octanol–water partition coefficient (Wildman–Crippen LogP) is 1.36. The summed E-state index contributed by atoms with van der Waals surface area (Å²) in [6.07, 6.45) is 0. The first-order chi connectivity index (χ1) is 5.72. The molecule has 1 heterocycles. The van der Waals surface area contributed by atoms with Crippen LogP contribution in [0.3, 0.4) is 0 Å². The zero-order valence-corrected chi connectivity index (χ0v) is 9.28. The van der Waals surface area contributed by atoms with Crippen LogP contribution in [0.4, 0.5) is 0 Å². The number of hydrogen-bond acceptors (Lipinski definition) is 4. The molecule has 0 fully saturated rings. The van der Waals surface area contributed by atoms with Gasteiger partial charge in [0.05, 0.1) is 6.67 Å². The Balaban J connectivity index is 2.41. The Bertz CT molecular complexity index is 238. The quantitative estimate of drug-likeness (QED) is 0.481. The van der Waals surface area contributed by atoms with E-state index in [0.29, 0.717) is 6.67 Å². The van der Waals surface area contributed by atoms with Gasteiger partial charge in [-0.1, -0.05) is 0 Å². The molecule has 0 saturated carbocycles. The van der Waals surface area contributed by atoms with Gasteiger partial charge in [-0.05, 0) is 29.0 Å². The average Bonchev–Trinajstić information content (AvgIpc) is 2.36. The molecule has 0 saturated heterocycles. The van der Waals surface area contributed by atoms with E-state index >= 15 is 0 Å². The molecule has 1 aromatic rings. The lowest BCUT2D eigenvalue weighted by molar-refractivity contribution is 0.304. The maximum absolute atomic E-state index is 5.19. The Morgan fingerprint density at radius 1 is 1.75 bits per heavy atom. The third-order valence-electron chi connectivity index (χ3n) is 1.41. The Hall–Kier alpha value is 0.0600. The summed E-state index contributed by atoms with van der Waals surface area (Å²) in [5.74, 6) is 5.19. The molecule has 68 valence electrons. The standard InChI is InChI=1S/C7H12BrN3S/c1-11(5-10-9)3-7-2-6(8)4-12-7/h2,4,10H,3,5,9H2,1H3. The van der Waals surface area contributed by atoms with Crippen molar-refractivity contribution in [2.45, 2.75) is 6.54 Å². The van der Waals surface area contributed by atoms with E-state index in [2.05, 4.69) is 37.7 Å². The van der Waals surface area contributed by atoms with Gasteiger partial charge in [0.1, 0.15) is 0 Å². The summed E-state index contributed by atoms with van der Waals surface area (Å²) in [6.45, 7) is 1.63. The van der Waals surface area contributed by atoms with Crippen LogP contribution < -0.4 is 11.3 Å². The van der Waals surface area contributed by atoms with Crippen LogP contribution >= 0.6 is 27.3 Å². The van der Waals surface area contributed by atoms with Gasteiger partial charge in [-0.2, -0.15) is 0 Å². The molecule has 0 unspecified atom stereocenters. The fraction of sp³-hybridized carbons (Fsp3) is 0.429. The third kappa shape index (κ3) is 3.20. The third-order valence-corrected chi connectivity index (χ3v) is 3.09. The van der Waals surface area contributed by atoms with Crippen molar-refractivity contribution in [2.24, 2.45) is 5.84 Å². The highest BCUT2D eigenvalue weighted by molar-refractivity contribution is 9.10. The van der Waals surface area contributed by atoms with Crippen molar-refractivity contribution in [1.29, 1.82) is 0 Å². The van der Waals surface area contributed by atoms with E-state index in [-0.39, 0.29) is 0 Å². The van der Waals surface area contributed by atoms with Crippen LogP contribution in [-0.2, 0) is 6.54 Å². The number of hydrazine groups is 1. The van der Waals surface area contributed by atoms with Crippen molar-refractivity contribution in [3.8, 4) is 0 Å². The van der Waals surface area contributed by atoms with Crippen LogP contribution in [0.2, 0.25) is 0 Å². The largest absolute Gasteiger partial charge is 0.288 e. The van der Waals surface area contributed by atoms with Gasteiger partial charge in [0.25, 0.3) is 0 Å². The lowest BCUT2D eigenvalue weighted by Crippen LogP contribution is -2.34. The maximum atomic E-state index is 5.19. The number of nitrogens with one attached hydrogen (secondary N) is 1. The van der Waals surface area contributed by atoms with E-state index in [4.69, 9.17) is 5.84 Å². The summed E-state index contributed by atoms with van der Waals surface area (Å²) in [5, 5.41) is 2.08. The maximum Gasteiger partial charge on any atom is 0.0613 e. The van der Waals surface area contributed by atoms with Crippen LogP contribution in [0.5, 0.6) is 0 Å². The molecule has 3 N–H and O–H groups in total. The summed E-state index contributed by atoms with van der Waals surface area (Å²) in [6, 6.07) is 2.12. The second-order valence-corrected chi connectivity index (χ2v) is 4.52. The van der Waals surface area contributed by atoms with E-state index in [1.54, 1.807) is 11.3 Å². The minimum Gasteiger partial charge on any atom is -0.288 e. The van der Waals surface area contributed by atoms with Gasteiger partial charge < -0.3 is 0 Å². The molecular weight excluding hydrogens is 238 g/mol. The second-order valence-electron chi connectivity index (χ2n) is 2.61. The predicted molar refractivity (Wildman–Crippen MR) is 55.7 cm³/mol. The summed E-state index contributed by atoms with van der Waals surface area (Å²) >= 11 is 5.16. The van der Waals surface area contributed by atoms with E-state index in [1.165, 1.54) is 4.88 Å². The smallest absolute Gasteiger partial charge is 0.0613 e. The molecule has 0 bridgehead atoms. The fourth-order valence-electron chi connectivity index (χ4n) is 0.914. The molecule has 12 heavy (non-hydrogen) atoms. The van der Waals surface area contributed by atoms with Crippen LogP contribution in [0.25, 0.3) is 0 Å². The van der Waals surface area contributed by atoms with Crippen LogP contribution in [0, 0.1) is 0 Å². The summed E-state index contributed by atoms with van der Waals surface area (Å²) in [7, 11) is 2.02. The Morgan fingerprint density at radius 2 is 2.50 bits per heavy atom. The number of hydrogen-bond donors (Lipinski definition) is 2. The van der Waals surface area contributed by atoms with Gasteiger partial charge >= 0.3 is 0 Å². The molecule has 0 aromatic carbocycles. The topological polar surface area (TPSA) is 41.3 Å². The molecule has 1 aromatic heterocycles. The van der Waals surface area contributed by atoms with Crippen LogP contribution in [0.15, 0.2) is 15.9 Å². The first-order valence-electron chi connectivity index (χ1n) is 3.57. The van der Waals surface area contributed by atoms with E-state index in [1.807, 2.05) is 7.05 Å². The summed E-state index contributed by atoms with van der Waals surface area (Å²) in [5.41, 5.74) is 2.61. The number of nitrogens with zero attached hydrogens (tertiary/aromatic N) is 1. The summed E-state index contributed by atoms with van der Waals surface area (Å²) < 4.78 is 1.15. The van der Waals surface area contributed by atoms with Gasteiger partial charge in [0.15, 0.2) is 0 Å².